The van der Waals surface area contributed by atoms with Gasteiger partial charge in [-0.3, -0.25) is 4.79 Å². The van der Waals surface area contributed by atoms with Gasteiger partial charge in [-0.15, -0.1) is 0 Å². The maximum Gasteiger partial charge on any atom is 0.251 e. The van der Waals surface area contributed by atoms with E-state index in [0.29, 0.717) is 25.3 Å². The first kappa shape index (κ1) is 13.9. The molecule has 1 aliphatic heterocycles. The first-order valence-electron chi connectivity index (χ1n) is 7.02. The monoisotopic (exact) mass is 262 g/mol. The highest BCUT2D eigenvalue weighted by Gasteiger charge is 2.12. The third kappa shape index (κ3) is 3.96. The van der Waals surface area contributed by atoms with Crippen LogP contribution < -0.4 is 10.2 Å². The SMILES string of the molecule is CCOCCNC(=O)c1ccc(N2CCCC2)cc1. The molecule has 0 aliphatic carbocycles. The predicted octanol–water partition coefficient (Wildman–Crippen LogP) is 2.05. The predicted molar refractivity (Wildman–Crippen MR) is 76.7 cm³/mol. The lowest BCUT2D eigenvalue weighted by molar-refractivity contribution is 0.0922. The van der Waals surface area contributed by atoms with E-state index in [4.69, 9.17) is 4.74 Å². The summed E-state index contributed by atoms with van der Waals surface area (Å²) in [5.41, 5.74) is 1.92. The molecule has 0 spiro atoms. The summed E-state index contributed by atoms with van der Waals surface area (Å²) in [6, 6.07) is 7.85. The smallest absolute Gasteiger partial charge is 0.251 e. The van der Waals surface area contributed by atoms with Crippen LogP contribution in [-0.2, 0) is 4.74 Å². The molecular formula is C15H22N2O2. The van der Waals surface area contributed by atoms with Crippen molar-refractivity contribution in [3.63, 3.8) is 0 Å². The Morgan fingerprint density at radius 1 is 1.26 bits per heavy atom. The van der Waals surface area contributed by atoms with Gasteiger partial charge in [-0.1, -0.05) is 0 Å². The van der Waals surface area contributed by atoms with Crippen LogP contribution in [0.25, 0.3) is 0 Å². The van der Waals surface area contributed by atoms with Crippen molar-refractivity contribution in [1.82, 2.24) is 5.32 Å². The largest absolute Gasteiger partial charge is 0.380 e. The standard InChI is InChI=1S/C15H22N2O2/c1-2-19-12-9-16-15(18)13-5-7-14(8-6-13)17-10-3-4-11-17/h5-8H,2-4,9-12H2,1H3,(H,16,18). The molecule has 0 unspecified atom stereocenters. The Morgan fingerprint density at radius 2 is 1.95 bits per heavy atom. The number of carbonyl (C=O) groups excluding carboxylic acids is 1. The number of nitrogens with one attached hydrogen (secondary N) is 1. The number of benzene rings is 1. The number of anilines is 1. The molecule has 1 N–H and O–H groups in total. The molecule has 1 amide bonds. The zero-order chi connectivity index (χ0) is 13.5. The van der Waals surface area contributed by atoms with Crippen molar-refractivity contribution in [1.29, 1.82) is 0 Å². The second-order valence-corrected chi connectivity index (χ2v) is 4.69. The molecule has 2 rings (SSSR count). The molecule has 19 heavy (non-hydrogen) atoms. The Bertz CT molecular complexity index is 397. The Morgan fingerprint density at radius 3 is 2.58 bits per heavy atom. The average molecular weight is 262 g/mol. The van der Waals surface area contributed by atoms with Crippen molar-refractivity contribution in [2.24, 2.45) is 0 Å². The molecule has 0 bridgehead atoms. The molecule has 0 aromatic heterocycles. The van der Waals surface area contributed by atoms with Crippen LogP contribution >= 0.6 is 0 Å². The molecule has 1 heterocycles. The van der Waals surface area contributed by atoms with E-state index in [1.54, 1.807) is 0 Å². The molecule has 0 atom stereocenters. The number of hydrogen-bond donors (Lipinski definition) is 1. The zero-order valence-corrected chi connectivity index (χ0v) is 11.5. The highest BCUT2D eigenvalue weighted by molar-refractivity contribution is 5.94. The van der Waals surface area contributed by atoms with Crippen molar-refractivity contribution >= 4 is 11.6 Å². The maximum atomic E-state index is 11.9. The molecule has 1 fully saturated rings. The number of ether oxygens (including phenoxy) is 1. The van der Waals surface area contributed by atoms with Gasteiger partial charge in [0.2, 0.25) is 0 Å². The van der Waals surface area contributed by atoms with E-state index in [2.05, 4.69) is 10.2 Å². The Hall–Kier alpha value is -1.55. The summed E-state index contributed by atoms with van der Waals surface area (Å²) < 4.78 is 5.18. The first-order chi connectivity index (χ1) is 9.31. The zero-order valence-electron chi connectivity index (χ0n) is 11.5. The number of rotatable bonds is 6. The van der Waals surface area contributed by atoms with Gasteiger partial charge in [-0.2, -0.15) is 0 Å². The normalized spacial score (nSPS) is 14.7. The molecule has 1 aromatic carbocycles. The van der Waals surface area contributed by atoms with Crippen molar-refractivity contribution in [3.05, 3.63) is 29.8 Å². The Kier molecular flexibility index (Phi) is 5.21. The van der Waals surface area contributed by atoms with Crippen LogP contribution in [0.4, 0.5) is 5.69 Å². The van der Waals surface area contributed by atoms with E-state index in [0.717, 1.165) is 13.1 Å². The minimum atomic E-state index is -0.0346. The summed E-state index contributed by atoms with van der Waals surface area (Å²) in [5.74, 6) is -0.0346. The van der Waals surface area contributed by atoms with E-state index < -0.39 is 0 Å². The van der Waals surface area contributed by atoms with Gasteiger partial charge in [-0.05, 0) is 44.0 Å². The highest BCUT2D eigenvalue weighted by Crippen LogP contribution is 2.20. The van der Waals surface area contributed by atoms with Crippen molar-refractivity contribution in [2.75, 3.05) is 37.7 Å². The van der Waals surface area contributed by atoms with Crippen LogP contribution in [0.1, 0.15) is 30.1 Å². The van der Waals surface area contributed by atoms with Gasteiger partial charge in [0.05, 0.1) is 6.61 Å². The van der Waals surface area contributed by atoms with Crippen LogP contribution in [0.5, 0.6) is 0 Å². The second-order valence-electron chi connectivity index (χ2n) is 4.69. The van der Waals surface area contributed by atoms with Gasteiger partial charge < -0.3 is 15.0 Å². The number of amides is 1. The minimum Gasteiger partial charge on any atom is -0.380 e. The third-order valence-electron chi connectivity index (χ3n) is 3.34. The minimum absolute atomic E-state index is 0.0346. The number of hydrogen-bond acceptors (Lipinski definition) is 3. The summed E-state index contributed by atoms with van der Waals surface area (Å²) in [6.45, 7) is 5.99. The van der Waals surface area contributed by atoms with Gasteiger partial charge in [0.25, 0.3) is 5.91 Å². The van der Waals surface area contributed by atoms with E-state index in [1.807, 2.05) is 31.2 Å². The molecule has 1 aromatic rings. The van der Waals surface area contributed by atoms with E-state index in [1.165, 1.54) is 18.5 Å². The van der Waals surface area contributed by atoms with Crippen molar-refractivity contribution in [2.45, 2.75) is 19.8 Å². The van der Waals surface area contributed by atoms with E-state index in [9.17, 15) is 4.79 Å². The lowest BCUT2D eigenvalue weighted by atomic mass is 10.2. The first-order valence-corrected chi connectivity index (χ1v) is 7.02. The molecule has 4 heteroatoms. The number of carbonyl (C=O) groups is 1. The maximum absolute atomic E-state index is 11.9. The molecule has 104 valence electrons. The Balaban J connectivity index is 1.85. The summed E-state index contributed by atoms with van der Waals surface area (Å²) >= 11 is 0. The van der Waals surface area contributed by atoms with Gasteiger partial charge in [0.15, 0.2) is 0 Å². The van der Waals surface area contributed by atoms with Crippen molar-refractivity contribution < 1.29 is 9.53 Å². The van der Waals surface area contributed by atoms with Crippen LogP contribution in [0.15, 0.2) is 24.3 Å². The average Bonchev–Trinajstić information content (AvgIpc) is 2.98. The molecular weight excluding hydrogens is 240 g/mol. The molecule has 4 nitrogen and oxygen atoms in total. The second kappa shape index (κ2) is 7.14. The van der Waals surface area contributed by atoms with Crippen LogP contribution in [-0.4, -0.2) is 38.8 Å². The molecule has 0 radical (unpaired) electrons. The summed E-state index contributed by atoms with van der Waals surface area (Å²) in [7, 11) is 0. The van der Waals surface area contributed by atoms with E-state index in [-0.39, 0.29) is 5.91 Å². The lowest BCUT2D eigenvalue weighted by Gasteiger charge is -2.17. The highest BCUT2D eigenvalue weighted by atomic mass is 16.5. The fourth-order valence-electron chi connectivity index (χ4n) is 2.28. The fourth-order valence-corrected chi connectivity index (χ4v) is 2.28. The number of nitrogens with zero attached hydrogens (tertiary/aromatic N) is 1. The van der Waals surface area contributed by atoms with Gasteiger partial charge in [-0.25, -0.2) is 0 Å². The fraction of sp³-hybridized carbons (Fsp3) is 0.533. The summed E-state index contributed by atoms with van der Waals surface area (Å²) in [6.07, 6.45) is 2.53. The third-order valence-corrected chi connectivity index (χ3v) is 3.34. The summed E-state index contributed by atoms with van der Waals surface area (Å²) in [4.78, 5) is 14.2. The molecule has 1 saturated heterocycles. The lowest BCUT2D eigenvalue weighted by Crippen LogP contribution is -2.27. The van der Waals surface area contributed by atoms with Crippen LogP contribution in [0.3, 0.4) is 0 Å². The van der Waals surface area contributed by atoms with Gasteiger partial charge in [0, 0.05) is 37.5 Å². The Labute approximate surface area is 114 Å². The van der Waals surface area contributed by atoms with Gasteiger partial charge >= 0.3 is 0 Å². The topological polar surface area (TPSA) is 41.6 Å². The quantitative estimate of drug-likeness (QED) is 0.798. The van der Waals surface area contributed by atoms with E-state index >= 15 is 0 Å². The van der Waals surface area contributed by atoms with Gasteiger partial charge in [0.1, 0.15) is 0 Å². The summed E-state index contributed by atoms with van der Waals surface area (Å²) in [5, 5.41) is 2.85. The van der Waals surface area contributed by atoms with Crippen LogP contribution in [0, 0.1) is 0 Å². The van der Waals surface area contributed by atoms with Crippen molar-refractivity contribution in [3.8, 4) is 0 Å². The molecule has 0 saturated carbocycles. The van der Waals surface area contributed by atoms with Crippen LogP contribution in [0.2, 0.25) is 0 Å². The molecule has 1 aliphatic rings.